The van der Waals surface area contributed by atoms with Crippen molar-refractivity contribution < 1.29 is 49.8 Å². The van der Waals surface area contributed by atoms with E-state index in [9.17, 15) is 0 Å². The summed E-state index contributed by atoms with van der Waals surface area (Å²) >= 11 is 0. The van der Waals surface area contributed by atoms with E-state index in [1.165, 1.54) is 0 Å². The molecule has 0 radical (unpaired) electrons. The van der Waals surface area contributed by atoms with Crippen molar-refractivity contribution in [2.75, 3.05) is 13.2 Å². The number of hydrogen-bond acceptors (Lipinski definition) is 4. The molecule has 0 spiro atoms. The fraction of sp³-hybridized carbons (Fsp3) is 0.500. The van der Waals surface area contributed by atoms with E-state index < -0.39 is 25.2 Å². The Morgan fingerprint density at radius 3 is 1.00 bits per heavy atom. The minimum atomic E-state index is -1.19. The van der Waals surface area contributed by atoms with Gasteiger partial charge in [0.05, 0.1) is 0 Å². The van der Waals surface area contributed by atoms with Gasteiger partial charge in [-0.2, -0.15) is 0 Å². The summed E-state index contributed by atoms with van der Waals surface area (Å²) in [4.78, 5) is 18.2. The van der Waals surface area contributed by atoms with Crippen molar-refractivity contribution in [2.24, 2.45) is 0 Å². The van der Waals surface area contributed by atoms with Gasteiger partial charge in [0.2, 0.25) is 0 Å². The van der Waals surface area contributed by atoms with Crippen LogP contribution in [0.1, 0.15) is 0 Å². The monoisotopic (exact) mass is 344 g/mol. The quantitative estimate of drug-likeness (QED) is 0.467. The first-order chi connectivity index (χ1) is 4.54. The van der Waals surface area contributed by atoms with Gasteiger partial charge in [0.15, 0.2) is 0 Å². The minimum Gasteiger partial charge on any atom is -0.480 e. The number of carboxylic acid groups (broad SMARTS) is 2. The number of rotatable bonds is 2. The smallest absolute Gasteiger partial charge is 0.329 e. The number of carboxylic acids is 2. The molecule has 7 heteroatoms. The first-order valence-corrected chi connectivity index (χ1v) is 2.20. The molecule has 0 heterocycles. The van der Waals surface area contributed by atoms with Crippen molar-refractivity contribution in [1.29, 1.82) is 0 Å². The average Bonchev–Trinajstić information content (AvgIpc) is 1.89. The second kappa shape index (κ2) is 12.2. The van der Waals surface area contributed by atoms with Crippen LogP contribution in [0.3, 0.4) is 0 Å². The predicted molar refractivity (Wildman–Crippen MR) is 29.4 cm³/mol. The normalized spacial score (nSPS) is 6.73. The van der Waals surface area contributed by atoms with Crippen LogP contribution in [-0.4, -0.2) is 45.6 Å². The summed E-state index contributed by atoms with van der Waals surface area (Å²) in [5.74, 6) is -2.38. The van der Waals surface area contributed by atoms with Crippen LogP contribution in [0.15, 0.2) is 0 Å². The first kappa shape index (κ1) is 16.8. The van der Waals surface area contributed by atoms with Gasteiger partial charge in [0, 0.05) is 19.8 Å². The third-order valence-corrected chi connectivity index (χ3v) is 0.271. The second-order valence-electron chi connectivity index (χ2n) is 1.10. The zero-order valence-corrected chi connectivity index (χ0v) is 7.91. The maximum absolute atomic E-state index is 9.12. The molecule has 0 aliphatic heterocycles. The Balaban J connectivity index is -0.000000107. The van der Waals surface area contributed by atoms with Gasteiger partial charge in [-0.15, -0.1) is 0 Å². The van der Waals surface area contributed by atoms with Crippen molar-refractivity contribution in [3.63, 3.8) is 0 Å². The molecule has 0 aromatic rings. The molecule has 0 fully saturated rings. The van der Waals surface area contributed by atoms with E-state index in [0.29, 0.717) is 0 Å². The van der Waals surface area contributed by atoms with Crippen LogP contribution in [0.2, 0.25) is 0 Å². The van der Waals surface area contributed by atoms with E-state index in [4.69, 9.17) is 30.0 Å². The van der Waals surface area contributed by atoms with Gasteiger partial charge in [0.1, 0.15) is 13.2 Å². The van der Waals surface area contributed by atoms with Crippen LogP contribution in [0, 0.1) is 0 Å². The Labute approximate surface area is 75.5 Å². The Morgan fingerprint density at radius 1 is 0.909 bits per heavy atom. The third kappa shape index (κ3) is 43.7. The maximum Gasteiger partial charge on any atom is 0.329 e. The Morgan fingerprint density at radius 2 is 1.00 bits per heavy atom. The molecule has 0 saturated heterocycles. The summed E-state index contributed by atoms with van der Waals surface area (Å²) in [5.41, 5.74) is 0. The number of aliphatic hydroxyl groups excluding tert-OH is 2. The number of aliphatic hydroxyl groups is 2. The molecule has 0 atom stereocenters. The van der Waals surface area contributed by atoms with E-state index in [1.807, 2.05) is 0 Å². The van der Waals surface area contributed by atoms with Crippen LogP contribution in [0.5, 0.6) is 0 Å². The van der Waals surface area contributed by atoms with Gasteiger partial charge in [-0.3, -0.25) is 0 Å². The SMILES string of the molecule is O=C(O)CO.O=C(O)CO.[Os]. The van der Waals surface area contributed by atoms with E-state index >= 15 is 0 Å². The van der Waals surface area contributed by atoms with Gasteiger partial charge in [0.25, 0.3) is 0 Å². The van der Waals surface area contributed by atoms with Crippen LogP contribution >= 0.6 is 0 Å². The zero-order chi connectivity index (χ0) is 8.57. The van der Waals surface area contributed by atoms with Crippen LogP contribution in [-0.2, 0) is 29.4 Å². The van der Waals surface area contributed by atoms with Crippen LogP contribution < -0.4 is 0 Å². The van der Waals surface area contributed by atoms with Gasteiger partial charge < -0.3 is 20.4 Å². The molecule has 0 aromatic heterocycles. The summed E-state index contributed by atoms with van der Waals surface area (Å²) in [6.45, 7) is -1.56. The van der Waals surface area contributed by atoms with Gasteiger partial charge >= 0.3 is 11.9 Å². The summed E-state index contributed by atoms with van der Waals surface area (Å²) in [6.07, 6.45) is 0. The molecule has 68 valence electrons. The summed E-state index contributed by atoms with van der Waals surface area (Å²) in [5, 5.41) is 30.0. The van der Waals surface area contributed by atoms with Crippen molar-refractivity contribution in [2.45, 2.75) is 0 Å². The molecule has 0 aromatic carbocycles. The topological polar surface area (TPSA) is 115 Å². The van der Waals surface area contributed by atoms with Crippen molar-refractivity contribution in [1.82, 2.24) is 0 Å². The molecule has 0 saturated carbocycles. The van der Waals surface area contributed by atoms with Crippen molar-refractivity contribution in [3.8, 4) is 0 Å². The molecule has 0 aliphatic carbocycles. The largest absolute Gasteiger partial charge is 0.480 e. The molecule has 0 amide bonds. The Hall–Kier alpha value is -0.504. The molecule has 0 unspecified atom stereocenters. The van der Waals surface area contributed by atoms with Crippen LogP contribution in [0.25, 0.3) is 0 Å². The predicted octanol–water partition coefficient (Wildman–Crippen LogP) is -1.88. The minimum absolute atomic E-state index is 0. The fourth-order valence-electron chi connectivity index (χ4n) is 0. The van der Waals surface area contributed by atoms with Crippen molar-refractivity contribution >= 4 is 11.9 Å². The van der Waals surface area contributed by atoms with Crippen molar-refractivity contribution in [3.05, 3.63) is 0 Å². The van der Waals surface area contributed by atoms with Gasteiger partial charge in [-0.25, -0.2) is 9.59 Å². The molecule has 0 aliphatic rings. The summed E-state index contributed by atoms with van der Waals surface area (Å²) < 4.78 is 0. The summed E-state index contributed by atoms with van der Waals surface area (Å²) in [6, 6.07) is 0. The molecule has 11 heavy (non-hydrogen) atoms. The number of hydrogen-bond donors (Lipinski definition) is 4. The number of carbonyl (C=O) groups is 2. The molecule has 4 N–H and O–H groups in total. The van der Waals surface area contributed by atoms with E-state index in [1.54, 1.807) is 0 Å². The molecule has 0 bridgehead atoms. The average molecular weight is 342 g/mol. The number of aliphatic carboxylic acids is 2. The van der Waals surface area contributed by atoms with Crippen LogP contribution in [0.4, 0.5) is 0 Å². The molecular formula is C4H8O6Os. The molecule has 0 rings (SSSR count). The Kier molecular flexibility index (Phi) is 18.7. The Bertz CT molecular complexity index is 99.1. The second-order valence-corrected chi connectivity index (χ2v) is 1.10. The van der Waals surface area contributed by atoms with E-state index in [2.05, 4.69) is 0 Å². The standard InChI is InChI=1S/2C2H4O3.Os/c2*3-1-2(4)5;/h2*3H,1H2,(H,4,5);. The van der Waals surface area contributed by atoms with E-state index in [-0.39, 0.29) is 19.8 Å². The summed E-state index contributed by atoms with van der Waals surface area (Å²) in [7, 11) is 0. The zero-order valence-electron chi connectivity index (χ0n) is 5.37. The first-order valence-electron chi connectivity index (χ1n) is 2.20. The molecular weight excluding hydrogens is 334 g/mol. The van der Waals surface area contributed by atoms with Gasteiger partial charge in [-0.05, 0) is 0 Å². The molecule has 6 nitrogen and oxygen atoms in total. The third-order valence-electron chi connectivity index (χ3n) is 0.271. The fourth-order valence-corrected chi connectivity index (χ4v) is 0. The van der Waals surface area contributed by atoms with E-state index in [0.717, 1.165) is 0 Å². The van der Waals surface area contributed by atoms with Gasteiger partial charge in [-0.1, -0.05) is 0 Å². The maximum atomic E-state index is 9.12.